The normalized spacial score (nSPS) is 12.4. The third kappa shape index (κ3) is 3.19. The average Bonchev–Trinajstić information content (AvgIpc) is 2.44. The van der Waals surface area contributed by atoms with Gasteiger partial charge in [-0.3, -0.25) is 4.98 Å². The summed E-state index contributed by atoms with van der Waals surface area (Å²) in [7, 11) is 0. The van der Waals surface area contributed by atoms with Crippen molar-refractivity contribution in [3.63, 3.8) is 0 Å². The number of hydrogen-bond acceptors (Lipinski definition) is 2. The lowest BCUT2D eigenvalue weighted by Crippen LogP contribution is -2.23. The molecule has 2 nitrogen and oxygen atoms in total. The monoisotopic (exact) mass is 356 g/mol. The number of benzene rings is 1. The van der Waals surface area contributed by atoms with Crippen LogP contribution in [0.2, 0.25) is 5.02 Å². The highest BCUT2D eigenvalue weighted by Gasteiger charge is 2.20. The molecule has 1 atom stereocenters. The van der Waals surface area contributed by atoms with Crippen LogP contribution in [-0.2, 0) is 0 Å². The summed E-state index contributed by atoms with van der Waals surface area (Å²) in [5, 5.41) is 3.37. The predicted molar refractivity (Wildman–Crippen MR) is 83.6 cm³/mol. The number of rotatable bonds is 4. The van der Waals surface area contributed by atoms with E-state index in [0.29, 0.717) is 16.6 Å². The number of aryl methyl sites for hydroxylation is 1. The van der Waals surface area contributed by atoms with Gasteiger partial charge in [0, 0.05) is 21.9 Å². The molecule has 0 radical (unpaired) electrons. The van der Waals surface area contributed by atoms with Crippen LogP contribution >= 0.6 is 27.5 Å². The van der Waals surface area contributed by atoms with Gasteiger partial charge in [0.1, 0.15) is 5.82 Å². The van der Waals surface area contributed by atoms with E-state index in [9.17, 15) is 4.39 Å². The molecule has 0 spiro atoms. The molecule has 2 rings (SSSR count). The van der Waals surface area contributed by atoms with Crippen molar-refractivity contribution in [2.24, 2.45) is 0 Å². The van der Waals surface area contributed by atoms with Gasteiger partial charge >= 0.3 is 0 Å². The summed E-state index contributed by atoms with van der Waals surface area (Å²) in [5.41, 5.74) is 2.36. The third-order valence-corrected chi connectivity index (χ3v) is 4.31. The van der Waals surface area contributed by atoms with E-state index >= 15 is 0 Å². The van der Waals surface area contributed by atoms with Crippen LogP contribution in [-0.4, -0.2) is 11.5 Å². The lowest BCUT2D eigenvalue weighted by molar-refractivity contribution is 0.558. The minimum Gasteiger partial charge on any atom is -0.306 e. The third-order valence-electron chi connectivity index (χ3n) is 3.05. The number of hydrogen-bond donors (Lipinski definition) is 1. The van der Waals surface area contributed by atoms with Gasteiger partial charge in [-0.15, -0.1) is 0 Å². The van der Waals surface area contributed by atoms with Crippen LogP contribution in [0.3, 0.4) is 0 Å². The van der Waals surface area contributed by atoms with Crippen LogP contribution in [0.25, 0.3) is 0 Å². The summed E-state index contributed by atoms with van der Waals surface area (Å²) in [6.45, 7) is 4.61. The van der Waals surface area contributed by atoms with Gasteiger partial charge in [0.05, 0.1) is 11.1 Å². The first-order valence-electron chi connectivity index (χ1n) is 6.34. The van der Waals surface area contributed by atoms with E-state index in [1.54, 1.807) is 18.3 Å². The molecule has 1 heterocycles. The van der Waals surface area contributed by atoms with Crippen LogP contribution in [0.4, 0.5) is 4.39 Å². The molecule has 0 aliphatic heterocycles. The van der Waals surface area contributed by atoms with E-state index in [2.05, 4.69) is 26.2 Å². The number of nitrogens with zero attached hydrogens (tertiary/aromatic N) is 1. The second-order valence-electron chi connectivity index (χ2n) is 4.49. The highest BCUT2D eigenvalue weighted by atomic mass is 79.9. The molecule has 1 aromatic carbocycles. The molecule has 0 bridgehead atoms. The van der Waals surface area contributed by atoms with Crippen molar-refractivity contribution in [3.8, 4) is 0 Å². The fraction of sp³-hybridized carbons (Fsp3) is 0.267. The van der Waals surface area contributed by atoms with Gasteiger partial charge in [-0.1, -0.05) is 30.7 Å². The van der Waals surface area contributed by atoms with E-state index in [-0.39, 0.29) is 11.1 Å². The molecule has 1 aromatic heterocycles. The topological polar surface area (TPSA) is 24.9 Å². The molecule has 0 aliphatic carbocycles. The minimum atomic E-state index is -0.410. The fourth-order valence-corrected chi connectivity index (χ4v) is 2.50. The summed E-state index contributed by atoms with van der Waals surface area (Å²) in [6.07, 6.45) is 1.76. The SMILES string of the molecule is CCNC(c1ccc(C)nc1)c1ccc(Br)c(Cl)c1F. The Morgan fingerprint density at radius 3 is 2.70 bits per heavy atom. The first-order chi connectivity index (χ1) is 9.54. The molecular formula is C15H15BrClFN2. The molecule has 0 amide bonds. The Morgan fingerprint density at radius 2 is 2.10 bits per heavy atom. The maximum atomic E-state index is 14.4. The van der Waals surface area contributed by atoms with Gasteiger partial charge in [-0.05, 0) is 47.1 Å². The summed E-state index contributed by atoms with van der Waals surface area (Å²) in [6, 6.07) is 7.09. The summed E-state index contributed by atoms with van der Waals surface area (Å²) in [4.78, 5) is 4.27. The average molecular weight is 358 g/mol. The van der Waals surface area contributed by atoms with Crippen molar-refractivity contribution in [2.45, 2.75) is 19.9 Å². The molecule has 5 heteroatoms. The van der Waals surface area contributed by atoms with Gasteiger partial charge in [-0.25, -0.2) is 4.39 Å². The highest BCUT2D eigenvalue weighted by molar-refractivity contribution is 9.10. The Hall–Kier alpha value is -0.970. The van der Waals surface area contributed by atoms with Crippen LogP contribution in [0.5, 0.6) is 0 Å². The maximum Gasteiger partial charge on any atom is 0.148 e. The number of pyridine rings is 1. The van der Waals surface area contributed by atoms with Crippen LogP contribution in [0.1, 0.15) is 29.8 Å². The second-order valence-corrected chi connectivity index (χ2v) is 5.72. The maximum absolute atomic E-state index is 14.4. The Labute approximate surface area is 131 Å². The molecule has 20 heavy (non-hydrogen) atoms. The van der Waals surface area contributed by atoms with Crippen molar-refractivity contribution < 1.29 is 4.39 Å². The van der Waals surface area contributed by atoms with Crippen LogP contribution < -0.4 is 5.32 Å². The van der Waals surface area contributed by atoms with E-state index < -0.39 is 5.82 Å². The van der Waals surface area contributed by atoms with Crippen molar-refractivity contribution >= 4 is 27.5 Å². The van der Waals surface area contributed by atoms with E-state index in [1.165, 1.54) is 0 Å². The molecule has 2 aromatic rings. The Kier molecular flexibility index (Phi) is 5.13. The number of halogens is 3. The largest absolute Gasteiger partial charge is 0.306 e. The molecule has 0 fully saturated rings. The Morgan fingerprint density at radius 1 is 1.35 bits per heavy atom. The van der Waals surface area contributed by atoms with Crippen molar-refractivity contribution in [2.75, 3.05) is 6.54 Å². The zero-order valence-corrected chi connectivity index (χ0v) is 13.6. The molecule has 1 unspecified atom stereocenters. The van der Waals surface area contributed by atoms with Crippen molar-refractivity contribution in [1.82, 2.24) is 10.3 Å². The summed E-state index contributed by atoms with van der Waals surface area (Å²) >= 11 is 9.20. The first-order valence-corrected chi connectivity index (χ1v) is 7.51. The quantitative estimate of drug-likeness (QED) is 0.806. The van der Waals surface area contributed by atoms with Gasteiger partial charge < -0.3 is 5.32 Å². The number of nitrogens with one attached hydrogen (secondary N) is 1. The summed E-state index contributed by atoms with van der Waals surface area (Å²) < 4.78 is 14.9. The lowest BCUT2D eigenvalue weighted by Gasteiger charge is -2.20. The zero-order valence-electron chi connectivity index (χ0n) is 11.3. The molecule has 0 saturated heterocycles. The fourth-order valence-electron chi connectivity index (χ4n) is 2.03. The van der Waals surface area contributed by atoms with Gasteiger partial charge in [0.2, 0.25) is 0 Å². The highest BCUT2D eigenvalue weighted by Crippen LogP contribution is 2.32. The summed E-state index contributed by atoms with van der Waals surface area (Å²) in [5.74, 6) is -0.410. The standard InChI is InChI=1S/C15H15BrClFN2/c1-3-19-15(10-5-4-9(2)20-8-10)11-6-7-12(16)13(17)14(11)18/h4-8,15,19H,3H2,1-2H3. The minimum absolute atomic E-state index is 0.102. The lowest BCUT2D eigenvalue weighted by atomic mass is 9.99. The Bertz CT molecular complexity index is 602. The van der Waals surface area contributed by atoms with Crippen molar-refractivity contribution in [3.05, 3.63) is 62.6 Å². The number of aromatic nitrogens is 1. The van der Waals surface area contributed by atoms with Gasteiger partial charge in [-0.2, -0.15) is 0 Å². The predicted octanol–water partition coefficient (Wildman–Crippen LogP) is 4.64. The molecular weight excluding hydrogens is 343 g/mol. The molecule has 0 aliphatic rings. The molecule has 1 N–H and O–H groups in total. The zero-order chi connectivity index (χ0) is 14.7. The Balaban J connectivity index is 2.48. The van der Waals surface area contributed by atoms with Gasteiger partial charge in [0.15, 0.2) is 0 Å². The van der Waals surface area contributed by atoms with Gasteiger partial charge in [0.25, 0.3) is 0 Å². The van der Waals surface area contributed by atoms with Crippen LogP contribution in [0, 0.1) is 12.7 Å². The van der Waals surface area contributed by atoms with Crippen LogP contribution in [0.15, 0.2) is 34.9 Å². The van der Waals surface area contributed by atoms with E-state index in [4.69, 9.17) is 11.6 Å². The van der Waals surface area contributed by atoms with E-state index in [1.807, 2.05) is 26.0 Å². The molecule has 106 valence electrons. The van der Waals surface area contributed by atoms with E-state index in [0.717, 1.165) is 11.3 Å². The first kappa shape index (κ1) is 15.4. The molecule has 0 saturated carbocycles. The smallest absolute Gasteiger partial charge is 0.148 e. The van der Waals surface area contributed by atoms with Crippen molar-refractivity contribution in [1.29, 1.82) is 0 Å². The second kappa shape index (κ2) is 6.66.